The highest BCUT2D eigenvalue weighted by atomic mass is 32.1. The predicted molar refractivity (Wildman–Crippen MR) is 95.1 cm³/mol. The van der Waals surface area contributed by atoms with Crippen LogP contribution in [0.25, 0.3) is 0 Å². The van der Waals surface area contributed by atoms with E-state index in [-0.39, 0.29) is 18.1 Å². The minimum Gasteiger partial charge on any atom is -0.480 e. The van der Waals surface area contributed by atoms with Crippen molar-refractivity contribution < 1.29 is 19.5 Å². The SMILES string of the molecule is CCC(C)C(NC(=O)C(CS)NC(=O)C(N)Cc1cnc[nH]1)C(=O)O. The molecule has 9 nitrogen and oxygen atoms in total. The Bertz CT molecular complexity index is 580. The highest BCUT2D eigenvalue weighted by molar-refractivity contribution is 7.80. The molecular weight excluding hydrogens is 346 g/mol. The summed E-state index contributed by atoms with van der Waals surface area (Å²) in [7, 11) is 0. The highest BCUT2D eigenvalue weighted by Gasteiger charge is 2.29. The Morgan fingerprint density at radius 3 is 2.52 bits per heavy atom. The Balaban J connectivity index is 2.65. The monoisotopic (exact) mass is 371 g/mol. The summed E-state index contributed by atoms with van der Waals surface area (Å²) in [5.74, 6) is -2.49. The molecule has 0 aliphatic heterocycles. The summed E-state index contributed by atoms with van der Waals surface area (Å²) in [5, 5.41) is 14.2. The summed E-state index contributed by atoms with van der Waals surface area (Å²) in [5.41, 5.74) is 6.51. The molecule has 0 saturated heterocycles. The highest BCUT2D eigenvalue weighted by Crippen LogP contribution is 2.08. The van der Waals surface area contributed by atoms with Gasteiger partial charge in [-0.05, 0) is 5.92 Å². The Kier molecular flexibility index (Phi) is 8.42. The maximum absolute atomic E-state index is 12.3. The number of nitrogens with two attached hydrogens (primary N) is 1. The molecule has 0 aromatic carbocycles. The van der Waals surface area contributed by atoms with Gasteiger partial charge in [-0.15, -0.1) is 0 Å². The van der Waals surface area contributed by atoms with E-state index >= 15 is 0 Å². The molecule has 0 saturated carbocycles. The molecule has 25 heavy (non-hydrogen) atoms. The lowest BCUT2D eigenvalue weighted by atomic mass is 9.99. The first-order chi connectivity index (χ1) is 11.8. The third-order valence-corrected chi connectivity index (χ3v) is 4.29. The summed E-state index contributed by atoms with van der Waals surface area (Å²) in [6.07, 6.45) is 3.85. The molecule has 140 valence electrons. The van der Waals surface area contributed by atoms with Crippen LogP contribution < -0.4 is 16.4 Å². The molecule has 1 aromatic heterocycles. The summed E-state index contributed by atoms with van der Waals surface area (Å²) in [6.45, 7) is 3.56. The number of hydrogen-bond acceptors (Lipinski definition) is 6. The van der Waals surface area contributed by atoms with Gasteiger partial charge in [0.1, 0.15) is 12.1 Å². The van der Waals surface area contributed by atoms with Gasteiger partial charge in [0.2, 0.25) is 11.8 Å². The first-order valence-electron chi connectivity index (χ1n) is 7.97. The lowest BCUT2D eigenvalue weighted by molar-refractivity contribution is -0.143. The molecule has 0 radical (unpaired) electrons. The third-order valence-electron chi connectivity index (χ3n) is 3.92. The fourth-order valence-corrected chi connectivity index (χ4v) is 2.39. The first kappa shape index (κ1) is 21.0. The van der Waals surface area contributed by atoms with Crippen LogP contribution >= 0.6 is 12.6 Å². The van der Waals surface area contributed by atoms with E-state index < -0.39 is 35.9 Å². The second-order valence-electron chi connectivity index (χ2n) is 5.84. The minimum atomic E-state index is -1.12. The van der Waals surface area contributed by atoms with E-state index in [1.54, 1.807) is 13.1 Å². The maximum Gasteiger partial charge on any atom is 0.326 e. The number of imidazole rings is 1. The van der Waals surface area contributed by atoms with Crippen LogP contribution in [0.15, 0.2) is 12.5 Å². The number of rotatable bonds is 10. The predicted octanol–water partition coefficient (Wildman–Crippen LogP) is -0.690. The van der Waals surface area contributed by atoms with E-state index in [1.807, 2.05) is 6.92 Å². The van der Waals surface area contributed by atoms with Crippen LogP contribution in [0, 0.1) is 5.92 Å². The average molecular weight is 371 g/mol. The Morgan fingerprint density at radius 2 is 2.04 bits per heavy atom. The van der Waals surface area contributed by atoms with Gasteiger partial charge >= 0.3 is 5.97 Å². The first-order valence-corrected chi connectivity index (χ1v) is 8.60. The Hall–Kier alpha value is -2.07. The van der Waals surface area contributed by atoms with Gasteiger partial charge in [-0.2, -0.15) is 12.6 Å². The number of aromatic amines is 1. The molecule has 4 unspecified atom stereocenters. The zero-order chi connectivity index (χ0) is 19.0. The van der Waals surface area contributed by atoms with Gasteiger partial charge in [-0.25, -0.2) is 9.78 Å². The van der Waals surface area contributed by atoms with Crippen LogP contribution in [-0.2, 0) is 20.8 Å². The van der Waals surface area contributed by atoms with Crippen molar-refractivity contribution in [1.29, 1.82) is 0 Å². The average Bonchev–Trinajstić information content (AvgIpc) is 3.08. The molecule has 10 heteroatoms. The molecule has 0 spiro atoms. The van der Waals surface area contributed by atoms with E-state index in [0.29, 0.717) is 12.1 Å². The van der Waals surface area contributed by atoms with Crippen molar-refractivity contribution >= 4 is 30.4 Å². The summed E-state index contributed by atoms with van der Waals surface area (Å²) < 4.78 is 0. The number of hydrogen-bond donors (Lipinski definition) is 6. The second kappa shape index (κ2) is 10.0. The Labute approximate surface area is 151 Å². The second-order valence-corrected chi connectivity index (χ2v) is 6.21. The molecule has 4 atom stereocenters. The molecular formula is C15H25N5O4S. The Morgan fingerprint density at radius 1 is 1.36 bits per heavy atom. The maximum atomic E-state index is 12.3. The van der Waals surface area contributed by atoms with E-state index in [4.69, 9.17) is 5.73 Å². The molecule has 0 aliphatic rings. The standard InChI is InChI=1S/C15H25N5O4S/c1-3-8(2)12(15(23)24)20-14(22)11(6-25)19-13(21)10(16)4-9-5-17-7-18-9/h5,7-8,10-12,25H,3-4,6,16H2,1-2H3,(H,17,18)(H,19,21)(H,20,22)(H,23,24). The number of carboxylic acids is 1. The van der Waals surface area contributed by atoms with Crippen LogP contribution in [0.5, 0.6) is 0 Å². The van der Waals surface area contributed by atoms with E-state index in [9.17, 15) is 19.5 Å². The summed E-state index contributed by atoms with van der Waals surface area (Å²) in [6, 6.07) is -2.88. The number of carbonyl (C=O) groups excluding carboxylic acids is 2. The van der Waals surface area contributed by atoms with Gasteiger partial charge < -0.3 is 26.5 Å². The number of nitrogens with zero attached hydrogens (tertiary/aromatic N) is 1. The van der Waals surface area contributed by atoms with Crippen LogP contribution in [0.3, 0.4) is 0 Å². The van der Waals surface area contributed by atoms with Gasteiger partial charge in [0, 0.05) is 24.1 Å². The van der Waals surface area contributed by atoms with Crippen molar-refractivity contribution in [2.24, 2.45) is 11.7 Å². The molecule has 6 N–H and O–H groups in total. The zero-order valence-corrected chi connectivity index (χ0v) is 15.1. The number of aliphatic carboxylic acids is 1. The number of carboxylic acid groups (broad SMARTS) is 1. The summed E-state index contributed by atoms with van der Waals surface area (Å²) in [4.78, 5) is 42.4. The third kappa shape index (κ3) is 6.39. The molecule has 1 heterocycles. The van der Waals surface area contributed by atoms with Crippen molar-refractivity contribution in [3.05, 3.63) is 18.2 Å². The van der Waals surface area contributed by atoms with Gasteiger partial charge in [0.05, 0.1) is 12.4 Å². The zero-order valence-electron chi connectivity index (χ0n) is 14.2. The molecule has 0 bridgehead atoms. The molecule has 2 amide bonds. The van der Waals surface area contributed by atoms with Gasteiger partial charge in [0.25, 0.3) is 0 Å². The van der Waals surface area contributed by atoms with Crippen LogP contribution in [0.4, 0.5) is 0 Å². The lowest BCUT2D eigenvalue weighted by Crippen LogP contribution is -2.56. The van der Waals surface area contributed by atoms with E-state index in [0.717, 1.165) is 0 Å². The number of aromatic nitrogens is 2. The lowest BCUT2D eigenvalue weighted by Gasteiger charge is -2.24. The van der Waals surface area contributed by atoms with Crippen molar-refractivity contribution in [3.8, 4) is 0 Å². The van der Waals surface area contributed by atoms with Crippen LogP contribution in [0.2, 0.25) is 0 Å². The van der Waals surface area contributed by atoms with E-state index in [1.165, 1.54) is 6.33 Å². The molecule has 0 fully saturated rings. The normalized spacial score (nSPS) is 15.7. The minimum absolute atomic E-state index is 0.0151. The van der Waals surface area contributed by atoms with Crippen LogP contribution in [0.1, 0.15) is 26.0 Å². The molecule has 1 aromatic rings. The van der Waals surface area contributed by atoms with Crippen LogP contribution in [-0.4, -0.2) is 56.7 Å². The number of H-pyrrole nitrogens is 1. The number of carbonyl (C=O) groups is 3. The molecule has 1 rings (SSSR count). The number of amides is 2. The van der Waals surface area contributed by atoms with E-state index in [2.05, 4.69) is 33.2 Å². The van der Waals surface area contributed by atoms with Gasteiger partial charge in [-0.1, -0.05) is 20.3 Å². The molecule has 0 aliphatic carbocycles. The number of thiol groups is 1. The fraction of sp³-hybridized carbons (Fsp3) is 0.600. The van der Waals surface area contributed by atoms with Crippen molar-refractivity contribution in [3.63, 3.8) is 0 Å². The quantitative estimate of drug-likeness (QED) is 0.300. The topological polar surface area (TPSA) is 150 Å². The van der Waals surface area contributed by atoms with Gasteiger partial charge in [-0.3, -0.25) is 9.59 Å². The smallest absolute Gasteiger partial charge is 0.326 e. The van der Waals surface area contributed by atoms with Crippen molar-refractivity contribution in [1.82, 2.24) is 20.6 Å². The number of nitrogens with one attached hydrogen (secondary N) is 3. The summed E-state index contributed by atoms with van der Waals surface area (Å²) >= 11 is 4.06. The van der Waals surface area contributed by atoms with Gasteiger partial charge in [0.15, 0.2) is 0 Å². The van der Waals surface area contributed by atoms with Crippen molar-refractivity contribution in [2.75, 3.05) is 5.75 Å². The van der Waals surface area contributed by atoms with Crippen molar-refractivity contribution in [2.45, 2.75) is 44.8 Å². The largest absolute Gasteiger partial charge is 0.480 e. The fourth-order valence-electron chi connectivity index (χ4n) is 2.14.